The fourth-order valence-electron chi connectivity index (χ4n) is 3.53. The molecule has 0 aliphatic carbocycles. The highest BCUT2D eigenvalue weighted by Crippen LogP contribution is 2.27. The lowest BCUT2D eigenvalue weighted by Crippen LogP contribution is -2.22. The van der Waals surface area contributed by atoms with Gasteiger partial charge in [-0.3, -0.25) is 4.72 Å². The summed E-state index contributed by atoms with van der Waals surface area (Å²) < 4.78 is 30.7. The Bertz CT molecular complexity index is 952. The molecule has 9 heteroatoms. The van der Waals surface area contributed by atoms with E-state index in [1.54, 1.807) is 6.07 Å². The van der Waals surface area contributed by atoms with E-state index in [2.05, 4.69) is 22.2 Å². The third-order valence-electron chi connectivity index (χ3n) is 5.41. The Balaban J connectivity index is 1.46. The van der Waals surface area contributed by atoms with Gasteiger partial charge >= 0.3 is 0 Å². The predicted octanol–water partition coefficient (Wildman–Crippen LogP) is 3.57. The summed E-state index contributed by atoms with van der Waals surface area (Å²) in [5.74, 6) is -0.184. The zero-order valence-corrected chi connectivity index (χ0v) is 20.8. The molecule has 0 aromatic heterocycles. The molecule has 190 valence electrons. The van der Waals surface area contributed by atoms with Crippen molar-refractivity contribution < 1.29 is 23.4 Å². The van der Waals surface area contributed by atoms with Gasteiger partial charge < -0.3 is 26.0 Å². The van der Waals surface area contributed by atoms with Crippen LogP contribution < -0.4 is 15.8 Å². The minimum absolute atomic E-state index is 0.0584. The van der Waals surface area contributed by atoms with E-state index < -0.39 is 16.1 Å². The second-order valence-corrected chi connectivity index (χ2v) is 10.3. The van der Waals surface area contributed by atoms with Crippen LogP contribution in [0.5, 0.6) is 5.75 Å². The SMILES string of the molecule is CS(=O)(=O)Nc1cc(C(O)CNCCCCCCOCCCCc2ccc(N)cc2)ccc1O. The molecule has 0 heterocycles. The summed E-state index contributed by atoms with van der Waals surface area (Å²) in [6.07, 6.45) is 7.68. The maximum atomic E-state index is 11.4. The molecule has 0 radical (unpaired) electrons. The van der Waals surface area contributed by atoms with Crippen LogP contribution >= 0.6 is 0 Å². The first-order chi connectivity index (χ1) is 16.2. The fourth-order valence-corrected chi connectivity index (χ4v) is 4.09. The van der Waals surface area contributed by atoms with Crippen molar-refractivity contribution in [2.24, 2.45) is 0 Å². The molecule has 0 bridgehead atoms. The molecule has 0 amide bonds. The van der Waals surface area contributed by atoms with E-state index in [0.717, 1.165) is 76.6 Å². The normalized spacial score (nSPS) is 12.5. The number of phenolic OH excluding ortho intramolecular Hbond substituents is 1. The Morgan fingerprint density at radius 1 is 0.971 bits per heavy atom. The molecule has 2 aromatic rings. The Hall–Kier alpha value is -2.33. The first-order valence-corrected chi connectivity index (χ1v) is 13.8. The number of aryl methyl sites for hydroxylation is 1. The number of nitrogens with two attached hydrogens (primary N) is 1. The maximum absolute atomic E-state index is 11.4. The zero-order valence-electron chi connectivity index (χ0n) is 20.0. The van der Waals surface area contributed by atoms with E-state index >= 15 is 0 Å². The van der Waals surface area contributed by atoms with Gasteiger partial charge in [-0.25, -0.2) is 8.42 Å². The number of hydrogen-bond acceptors (Lipinski definition) is 7. The van der Waals surface area contributed by atoms with Crippen molar-refractivity contribution in [2.45, 2.75) is 51.0 Å². The van der Waals surface area contributed by atoms with Gasteiger partial charge in [-0.2, -0.15) is 0 Å². The molecule has 6 N–H and O–H groups in total. The highest BCUT2D eigenvalue weighted by atomic mass is 32.2. The summed E-state index contributed by atoms with van der Waals surface area (Å²) in [6.45, 7) is 2.73. The van der Waals surface area contributed by atoms with Crippen LogP contribution in [0.3, 0.4) is 0 Å². The van der Waals surface area contributed by atoms with Crippen LogP contribution in [0.4, 0.5) is 11.4 Å². The van der Waals surface area contributed by atoms with Gasteiger partial charge in [0.25, 0.3) is 0 Å². The number of unbranched alkanes of at least 4 members (excludes halogenated alkanes) is 4. The van der Waals surface area contributed by atoms with Crippen molar-refractivity contribution in [3.05, 3.63) is 53.6 Å². The number of nitrogens with one attached hydrogen (secondary N) is 2. The number of anilines is 2. The summed E-state index contributed by atoms with van der Waals surface area (Å²) in [7, 11) is -3.51. The van der Waals surface area contributed by atoms with Crippen LogP contribution in [0.25, 0.3) is 0 Å². The van der Waals surface area contributed by atoms with Gasteiger partial charge in [0.05, 0.1) is 18.0 Å². The minimum atomic E-state index is -3.51. The minimum Gasteiger partial charge on any atom is -0.506 e. The number of rotatable bonds is 17. The fraction of sp³-hybridized carbons (Fsp3) is 0.520. The third kappa shape index (κ3) is 11.7. The van der Waals surface area contributed by atoms with Crippen molar-refractivity contribution in [1.29, 1.82) is 0 Å². The number of aromatic hydroxyl groups is 1. The first kappa shape index (κ1) is 27.9. The highest BCUT2D eigenvalue weighted by molar-refractivity contribution is 7.92. The molecule has 0 spiro atoms. The Labute approximate surface area is 203 Å². The predicted molar refractivity (Wildman–Crippen MR) is 137 cm³/mol. The van der Waals surface area contributed by atoms with Crippen LogP contribution in [-0.2, 0) is 21.2 Å². The molecule has 0 fully saturated rings. The lowest BCUT2D eigenvalue weighted by atomic mass is 10.1. The van der Waals surface area contributed by atoms with Gasteiger partial charge in [-0.1, -0.05) is 31.0 Å². The Morgan fingerprint density at radius 3 is 2.35 bits per heavy atom. The molecule has 34 heavy (non-hydrogen) atoms. The van der Waals surface area contributed by atoms with E-state index in [1.807, 2.05) is 12.1 Å². The number of benzene rings is 2. The second-order valence-electron chi connectivity index (χ2n) is 8.60. The molecule has 1 unspecified atom stereocenters. The summed E-state index contributed by atoms with van der Waals surface area (Å²) in [5, 5.41) is 23.3. The van der Waals surface area contributed by atoms with Gasteiger partial charge in [0, 0.05) is 25.4 Å². The van der Waals surface area contributed by atoms with Gasteiger partial charge in [-0.05, 0) is 74.0 Å². The number of aliphatic hydroxyl groups excluding tert-OH is 1. The summed E-state index contributed by atoms with van der Waals surface area (Å²) >= 11 is 0. The molecular formula is C25H39N3O5S. The molecule has 2 rings (SSSR count). The number of ether oxygens (including phenoxy) is 1. The maximum Gasteiger partial charge on any atom is 0.229 e. The van der Waals surface area contributed by atoms with Crippen LogP contribution in [-0.4, -0.2) is 51.2 Å². The molecule has 0 saturated heterocycles. The van der Waals surface area contributed by atoms with Crippen LogP contribution in [0.2, 0.25) is 0 Å². The van der Waals surface area contributed by atoms with E-state index in [9.17, 15) is 18.6 Å². The van der Waals surface area contributed by atoms with E-state index in [4.69, 9.17) is 10.5 Å². The largest absolute Gasteiger partial charge is 0.506 e. The monoisotopic (exact) mass is 493 g/mol. The van der Waals surface area contributed by atoms with Gasteiger partial charge in [-0.15, -0.1) is 0 Å². The Kier molecular flexibility index (Phi) is 12.2. The van der Waals surface area contributed by atoms with Crippen LogP contribution in [0.15, 0.2) is 42.5 Å². The summed E-state index contributed by atoms with van der Waals surface area (Å²) in [5.41, 5.74) is 8.40. The number of aliphatic hydroxyl groups is 1. The van der Waals surface area contributed by atoms with Crippen molar-refractivity contribution >= 4 is 21.4 Å². The molecule has 0 saturated carbocycles. The lowest BCUT2D eigenvalue weighted by Gasteiger charge is -2.14. The smallest absolute Gasteiger partial charge is 0.229 e. The number of nitrogen functional groups attached to an aromatic ring is 1. The summed E-state index contributed by atoms with van der Waals surface area (Å²) in [4.78, 5) is 0. The average Bonchev–Trinajstić information content (AvgIpc) is 2.78. The molecule has 2 aromatic carbocycles. The molecule has 8 nitrogen and oxygen atoms in total. The van der Waals surface area contributed by atoms with Crippen LogP contribution in [0.1, 0.15) is 55.8 Å². The summed E-state index contributed by atoms with van der Waals surface area (Å²) in [6, 6.07) is 12.4. The van der Waals surface area contributed by atoms with Gasteiger partial charge in [0.15, 0.2) is 0 Å². The van der Waals surface area contributed by atoms with Gasteiger partial charge in [0.1, 0.15) is 5.75 Å². The van der Waals surface area contributed by atoms with E-state index in [-0.39, 0.29) is 11.4 Å². The van der Waals surface area contributed by atoms with Gasteiger partial charge in [0.2, 0.25) is 10.0 Å². The second kappa shape index (κ2) is 14.8. The topological polar surface area (TPSA) is 134 Å². The van der Waals surface area contributed by atoms with Crippen molar-refractivity contribution in [3.63, 3.8) is 0 Å². The van der Waals surface area contributed by atoms with E-state index in [1.165, 1.54) is 17.7 Å². The standard InChI is InChI=1S/C25H39N3O5S/c1-34(31,32)28-23-18-21(11-14-24(23)29)25(30)19-27-15-5-2-3-6-16-33-17-7-4-8-20-9-12-22(26)13-10-20/h9-14,18,25,27-30H,2-8,15-17,19,26H2,1H3. The molecule has 0 aliphatic heterocycles. The quantitative estimate of drug-likeness (QED) is 0.129. The average molecular weight is 494 g/mol. The van der Waals surface area contributed by atoms with Crippen molar-refractivity contribution in [3.8, 4) is 5.75 Å². The lowest BCUT2D eigenvalue weighted by molar-refractivity contribution is 0.126. The molecular weight excluding hydrogens is 454 g/mol. The number of hydrogen-bond donors (Lipinski definition) is 5. The van der Waals surface area contributed by atoms with Crippen molar-refractivity contribution in [2.75, 3.05) is 43.0 Å². The van der Waals surface area contributed by atoms with Crippen LogP contribution in [0, 0.1) is 0 Å². The first-order valence-electron chi connectivity index (χ1n) is 11.9. The molecule has 0 aliphatic rings. The number of phenols is 1. The van der Waals surface area contributed by atoms with E-state index in [0.29, 0.717) is 12.1 Å². The Morgan fingerprint density at radius 2 is 1.65 bits per heavy atom. The van der Waals surface area contributed by atoms with Crippen molar-refractivity contribution in [1.82, 2.24) is 5.32 Å². The number of sulfonamides is 1. The third-order valence-corrected chi connectivity index (χ3v) is 6.01. The molecule has 1 atom stereocenters. The zero-order chi connectivity index (χ0) is 24.8. The highest BCUT2D eigenvalue weighted by Gasteiger charge is 2.12.